The molecule has 0 spiro atoms. The van der Waals surface area contributed by atoms with Gasteiger partial charge in [0.25, 0.3) is 5.91 Å². The second-order valence-electron chi connectivity index (χ2n) is 6.97. The van der Waals surface area contributed by atoms with Gasteiger partial charge in [-0.25, -0.2) is 0 Å². The molecule has 1 aromatic rings. The van der Waals surface area contributed by atoms with E-state index < -0.39 is 0 Å². The molecule has 2 bridgehead atoms. The van der Waals surface area contributed by atoms with Crippen molar-refractivity contribution in [3.05, 3.63) is 27.8 Å². The Bertz CT molecular complexity index is 638. The minimum absolute atomic E-state index is 0.0443. The predicted molar refractivity (Wildman–Crippen MR) is 90.4 cm³/mol. The van der Waals surface area contributed by atoms with Crippen LogP contribution in [0.2, 0.25) is 5.02 Å². The fourth-order valence-electron chi connectivity index (χ4n) is 4.48. The van der Waals surface area contributed by atoms with E-state index in [0.29, 0.717) is 16.5 Å². The number of hydrogen-bond acceptors (Lipinski definition) is 3. The standard InChI is InChI=1S/C18H23ClN2O2/c1-23-17-13-4-2-3-12(13)15(19)9-14(17)18(22)20-16-10-21-7-5-11(16)6-8-21/h9,11,16H,2-8,10H2,1H3,(H,20,22). The summed E-state index contributed by atoms with van der Waals surface area (Å²) in [5, 5.41) is 3.95. The monoisotopic (exact) mass is 334 g/mol. The largest absolute Gasteiger partial charge is 0.496 e. The van der Waals surface area contributed by atoms with E-state index in [1.54, 1.807) is 13.2 Å². The summed E-state index contributed by atoms with van der Waals surface area (Å²) in [5.41, 5.74) is 2.87. The molecule has 1 aliphatic carbocycles. The Morgan fingerprint density at radius 2 is 2.04 bits per heavy atom. The van der Waals surface area contributed by atoms with Gasteiger partial charge in [-0.2, -0.15) is 0 Å². The van der Waals surface area contributed by atoms with Crippen molar-refractivity contribution in [2.24, 2.45) is 5.92 Å². The molecule has 0 aromatic heterocycles. The van der Waals surface area contributed by atoms with Crippen LogP contribution in [0.1, 0.15) is 40.7 Å². The van der Waals surface area contributed by atoms with Crippen molar-refractivity contribution in [2.45, 2.75) is 38.1 Å². The van der Waals surface area contributed by atoms with E-state index in [-0.39, 0.29) is 11.9 Å². The molecule has 3 heterocycles. The summed E-state index contributed by atoms with van der Waals surface area (Å²) >= 11 is 6.41. The average molecular weight is 335 g/mol. The maximum absolute atomic E-state index is 12.9. The van der Waals surface area contributed by atoms with Gasteiger partial charge in [0, 0.05) is 17.6 Å². The molecule has 4 aliphatic rings. The lowest BCUT2D eigenvalue weighted by Gasteiger charge is -2.45. The zero-order valence-electron chi connectivity index (χ0n) is 13.5. The van der Waals surface area contributed by atoms with E-state index in [2.05, 4.69) is 10.2 Å². The van der Waals surface area contributed by atoms with Gasteiger partial charge in [0.2, 0.25) is 0 Å². The van der Waals surface area contributed by atoms with Gasteiger partial charge in [0.15, 0.2) is 0 Å². The number of carbonyl (C=O) groups is 1. The number of methoxy groups -OCH3 is 1. The van der Waals surface area contributed by atoms with E-state index in [1.165, 1.54) is 25.9 Å². The summed E-state index contributed by atoms with van der Waals surface area (Å²) in [7, 11) is 1.65. The SMILES string of the molecule is COc1c(C(=O)NC2CN3CCC2CC3)cc(Cl)c2c1CCC2. The third-order valence-corrected chi connectivity index (χ3v) is 6.05. The number of carbonyl (C=O) groups excluding carboxylic acids is 1. The van der Waals surface area contributed by atoms with Crippen molar-refractivity contribution < 1.29 is 9.53 Å². The first-order valence-corrected chi connectivity index (χ1v) is 8.96. The molecule has 1 unspecified atom stereocenters. The van der Waals surface area contributed by atoms with Crippen LogP contribution in [-0.4, -0.2) is 43.6 Å². The van der Waals surface area contributed by atoms with Crippen molar-refractivity contribution >= 4 is 17.5 Å². The third kappa shape index (κ3) is 2.62. The molecule has 5 rings (SSSR count). The van der Waals surface area contributed by atoms with Crippen molar-refractivity contribution in [3.8, 4) is 5.75 Å². The second-order valence-corrected chi connectivity index (χ2v) is 7.38. The molecule has 3 fully saturated rings. The number of fused-ring (bicyclic) bond motifs is 4. The van der Waals surface area contributed by atoms with Gasteiger partial charge in [0.1, 0.15) is 5.75 Å². The number of piperidine rings is 3. The Hall–Kier alpha value is -1.26. The van der Waals surface area contributed by atoms with E-state index in [1.807, 2.05) is 0 Å². The number of ether oxygens (including phenoxy) is 1. The van der Waals surface area contributed by atoms with Crippen molar-refractivity contribution in [1.82, 2.24) is 10.2 Å². The molecule has 1 aromatic carbocycles. The Kier molecular flexibility index (Phi) is 3.98. The number of hydrogen-bond donors (Lipinski definition) is 1. The minimum atomic E-state index is -0.0443. The van der Waals surface area contributed by atoms with E-state index in [0.717, 1.165) is 42.7 Å². The van der Waals surface area contributed by atoms with Gasteiger partial charge in [-0.05, 0) is 68.3 Å². The van der Waals surface area contributed by atoms with Gasteiger partial charge in [-0.15, -0.1) is 0 Å². The highest BCUT2D eigenvalue weighted by atomic mass is 35.5. The second kappa shape index (κ2) is 5.99. The van der Waals surface area contributed by atoms with E-state index in [4.69, 9.17) is 16.3 Å². The van der Waals surface area contributed by atoms with Crippen LogP contribution < -0.4 is 10.1 Å². The van der Waals surface area contributed by atoms with Crippen LogP contribution in [0.15, 0.2) is 6.07 Å². The Labute approximate surface area is 142 Å². The number of amides is 1. The first kappa shape index (κ1) is 15.3. The topological polar surface area (TPSA) is 41.6 Å². The smallest absolute Gasteiger partial charge is 0.255 e. The first-order valence-electron chi connectivity index (χ1n) is 8.59. The Morgan fingerprint density at radius 1 is 1.30 bits per heavy atom. The maximum Gasteiger partial charge on any atom is 0.255 e. The minimum Gasteiger partial charge on any atom is -0.496 e. The summed E-state index contributed by atoms with van der Waals surface area (Å²) in [6, 6.07) is 2.04. The zero-order valence-corrected chi connectivity index (χ0v) is 14.3. The molecule has 0 saturated carbocycles. The summed E-state index contributed by atoms with van der Waals surface area (Å²) in [5.74, 6) is 1.29. The van der Waals surface area contributed by atoms with Gasteiger partial charge in [-0.1, -0.05) is 11.6 Å². The number of nitrogens with one attached hydrogen (secondary N) is 1. The van der Waals surface area contributed by atoms with Crippen LogP contribution in [0.25, 0.3) is 0 Å². The highest BCUT2D eigenvalue weighted by molar-refractivity contribution is 6.32. The van der Waals surface area contributed by atoms with Gasteiger partial charge in [0.05, 0.1) is 12.7 Å². The summed E-state index contributed by atoms with van der Waals surface area (Å²) in [4.78, 5) is 15.3. The van der Waals surface area contributed by atoms with Gasteiger partial charge < -0.3 is 15.0 Å². The van der Waals surface area contributed by atoms with Gasteiger partial charge in [-0.3, -0.25) is 4.79 Å². The third-order valence-electron chi connectivity index (χ3n) is 5.72. The fourth-order valence-corrected chi connectivity index (χ4v) is 4.79. The highest BCUT2D eigenvalue weighted by Gasteiger charge is 2.35. The number of nitrogens with zero attached hydrogens (tertiary/aromatic N) is 1. The van der Waals surface area contributed by atoms with Crippen molar-refractivity contribution in [2.75, 3.05) is 26.7 Å². The lowest BCUT2D eigenvalue weighted by Crippen LogP contribution is -2.57. The number of rotatable bonds is 3. The van der Waals surface area contributed by atoms with Crippen LogP contribution in [-0.2, 0) is 12.8 Å². The van der Waals surface area contributed by atoms with Crippen molar-refractivity contribution in [1.29, 1.82) is 0 Å². The summed E-state index contributed by atoms with van der Waals surface area (Å²) < 4.78 is 5.59. The molecule has 4 nitrogen and oxygen atoms in total. The lowest BCUT2D eigenvalue weighted by atomic mass is 9.84. The summed E-state index contributed by atoms with van der Waals surface area (Å²) in [6.07, 6.45) is 5.38. The van der Waals surface area contributed by atoms with Crippen molar-refractivity contribution in [3.63, 3.8) is 0 Å². The molecular weight excluding hydrogens is 312 g/mol. The molecule has 1 amide bonds. The Morgan fingerprint density at radius 3 is 2.70 bits per heavy atom. The van der Waals surface area contributed by atoms with Crippen LogP contribution in [0.5, 0.6) is 5.75 Å². The predicted octanol–water partition coefficient (Wildman–Crippen LogP) is 2.66. The average Bonchev–Trinajstić information content (AvgIpc) is 3.06. The van der Waals surface area contributed by atoms with Crippen LogP contribution in [0.4, 0.5) is 0 Å². The zero-order chi connectivity index (χ0) is 16.0. The highest BCUT2D eigenvalue weighted by Crippen LogP contribution is 2.38. The molecule has 3 saturated heterocycles. The van der Waals surface area contributed by atoms with Gasteiger partial charge >= 0.3 is 0 Å². The van der Waals surface area contributed by atoms with E-state index >= 15 is 0 Å². The van der Waals surface area contributed by atoms with Crippen LogP contribution in [0.3, 0.4) is 0 Å². The Balaban J connectivity index is 1.60. The lowest BCUT2D eigenvalue weighted by molar-refractivity contribution is 0.0619. The fraction of sp³-hybridized carbons (Fsp3) is 0.611. The van der Waals surface area contributed by atoms with Crippen LogP contribution in [0, 0.1) is 5.92 Å². The maximum atomic E-state index is 12.9. The number of benzene rings is 1. The molecule has 23 heavy (non-hydrogen) atoms. The number of halogens is 1. The molecular formula is C18H23ClN2O2. The molecule has 124 valence electrons. The summed E-state index contributed by atoms with van der Waals surface area (Å²) in [6.45, 7) is 3.31. The first-order chi connectivity index (χ1) is 11.2. The molecule has 1 N–H and O–H groups in total. The van der Waals surface area contributed by atoms with E-state index in [9.17, 15) is 4.79 Å². The molecule has 5 heteroatoms. The molecule has 1 atom stereocenters. The normalized spacial score (nSPS) is 28.5. The quantitative estimate of drug-likeness (QED) is 0.924. The van der Waals surface area contributed by atoms with Crippen LogP contribution >= 0.6 is 11.6 Å². The molecule has 3 aliphatic heterocycles. The molecule has 0 radical (unpaired) electrons.